The van der Waals surface area contributed by atoms with E-state index in [1.165, 1.54) is 24.5 Å². The van der Waals surface area contributed by atoms with Gasteiger partial charge in [0.05, 0.1) is 16.5 Å². The Morgan fingerprint density at radius 2 is 1.90 bits per heavy atom. The van der Waals surface area contributed by atoms with Crippen LogP contribution < -0.4 is 16.6 Å². The molecule has 3 aromatic heterocycles. The summed E-state index contributed by atoms with van der Waals surface area (Å²) in [4.78, 5) is 48.6. The smallest absolute Gasteiger partial charge is 0.298 e. The van der Waals surface area contributed by atoms with E-state index in [0.29, 0.717) is 10.4 Å². The molecule has 4 rings (SSSR count). The highest BCUT2D eigenvalue weighted by Crippen LogP contribution is 2.30. The molecule has 3 heterocycles. The van der Waals surface area contributed by atoms with Crippen LogP contribution in [0.5, 0.6) is 0 Å². The molecule has 0 aliphatic rings. The molecule has 31 heavy (non-hydrogen) atoms. The van der Waals surface area contributed by atoms with E-state index in [2.05, 4.69) is 20.3 Å². The van der Waals surface area contributed by atoms with Gasteiger partial charge < -0.3 is 0 Å². The average Bonchev–Trinajstić information content (AvgIpc) is 3.14. The van der Waals surface area contributed by atoms with Gasteiger partial charge in [-0.15, -0.1) is 11.3 Å². The number of thiazole rings is 1. The van der Waals surface area contributed by atoms with Crippen molar-refractivity contribution in [3.05, 3.63) is 85.1 Å². The van der Waals surface area contributed by atoms with Crippen molar-refractivity contribution in [1.29, 1.82) is 0 Å². The van der Waals surface area contributed by atoms with E-state index in [0.717, 1.165) is 23.5 Å². The van der Waals surface area contributed by atoms with Crippen LogP contribution in [0, 0.1) is 0 Å². The van der Waals surface area contributed by atoms with Crippen LogP contribution in [0.1, 0.15) is 26.4 Å². The lowest BCUT2D eigenvalue weighted by atomic mass is 10.1. The number of amides is 1. The molecular formula is C19H12F3N5O3S. The van der Waals surface area contributed by atoms with Crippen LogP contribution in [0.15, 0.2) is 52.3 Å². The molecule has 8 nitrogen and oxygen atoms in total. The average molecular weight is 447 g/mol. The number of H-pyrrole nitrogens is 2. The maximum absolute atomic E-state index is 12.9. The fourth-order valence-corrected chi connectivity index (χ4v) is 3.69. The van der Waals surface area contributed by atoms with E-state index in [-0.39, 0.29) is 28.1 Å². The molecule has 0 aliphatic carbocycles. The van der Waals surface area contributed by atoms with Crippen LogP contribution in [-0.2, 0) is 12.6 Å². The van der Waals surface area contributed by atoms with Gasteiger partial charge in [0.25, 0.3) is 11.5 Å². The molecular weight excluding hydrogens is 435 g/mol. The monoisotopic (exact) mass is 447 g/mol. The minimum absolute atomic E-state index is 0.0385. The number of anilines is 1. The van der Waals surface area contributed by atoms with Crippen molar-refractivity contribution in [2.45, 2.75) is 12.6 Å². The number of aromatic amines is 2. The van der Waals surface area contributed by atoms with Gasteiger partial charge in [0.15, 0.2) is 5.13 Å². The largest absolute Gasteiger partial charge is 0.416 e. The Morgan fingerprint density at radius 1 is 1.10 bits per heavy atom. The number of carbonyl (C=O) groups is 1. The van der Waals surface area contributed by atoms with Gasteiger partial charge in [0.2, 0.25) is 0 Å². The lowest BCUT2D eigenvalue weighted by molar-refractivity contribution is -0.137. The fourth-order valence-electron chi connectivity index (χ4n) is 2.85. The van der Waals surface area contributed by atoms with E-state index in [1.54, 1.807) is 6.07 Å². The molecule has 158 valence electrons. The lowest BCUT2D eigenvalue weighted by Crippen LogP contribution is -2.23. The number of hydrogen-bond acceptors (Lipinski definition) is 6. The molecule has 3 N–H and O–H groups in total. The molecule has 1 aromatic carbocycles. The van der Waals surface area contributed by atoms with Crippen molar-refractivity contribution in [1.82, 2.24) is 19.9 Å². The number of rotatable bonds is 4. The Bertz CT molecular complexity index is 1410. The molecule has 0 atom stereocenters. The Balaban J connectivity index is 1.50. The van der Waals surface area contributed by atoms with E-state index in [1.807, 2.05) is 4.98 Å². The highest BCUT2D eigenvalue weighted by Gasteiger charge is 2.30. The third-order valence-corrected chi connectivity index (χ3v) is 5.17. The van der Waals surface area contributed by atoms with E-state index >= 15 is 0 Å². The number of aromatic nitrogens is 4. The number of halogens is 3. The predicted octanol–water partition coefficient (Wildman–Crippen LogP) is 2.93. The van der Waals surface area contributed by atoms with E-state index in [4.69, 9.17) is 0 Å². The maximum Gasteiger partial charge on any atom is 0.416 e. The Kier molecular flexibility index (Phi) is 5.15. The molecule has 0 aliphatic heterocycles. The van der Waals surface area contributed by atoms with E-state index < -0.39 is 28.9 Å². The van der Waals surface area contributed by atoms with E-state index in [9.17, 15) is 27.6 Å². The quantitative estimate of drug-likeness (QED) is 0.444. The second-order valence-electron chi connectivity index (χ2n) is 6.49. The number of benzene rings is 1. The maximum atomic E-state index is 12.9. The number of nitrogens with one attached hydrogen (secondary N) is 3. The molecule has 0 radical (unpaired) electrons. The SMILES string of the molecule is O=C(Nc1ncc(Cc2cccc(C(F)(F)F)c2)s1)c1cnc2[nH]c(=O)[nH]c(=O)c2c1. The van der Waals surface area contributed by atoms with Crippen LogP contribution in [0.2, 0.25) is 0 Å². The Morgan fingerprint density at radius 3 is 2.68 bits per heavy atom. The van der Waals surface area contributed by atoms with Gasteiger partial charge in [-0.2, -0.15) is 13.2 Å². The van der Waals surface area contributed by atoms with Gasteiger partial charge in [0.1, 0.15) is 5.65 Å². The fraction of sp³-hybridized carbons (Fsp3) is 0.105. The normalized spacial score (nSPS) is 11.6. The molecule has 0 spiro atoms. The van der Waals surface area contributed by atoms with Crippen molar-refractivity contribution < 1.29 is 18.0 Å². The standard InChI is InChI=1S/C19H12F3N5O3S/c20-19(21,22)11-3-1-2-9(4-11)5-12-8-24-18(31-12)27-15(28)10-6-13-14(23-7-10)25-17(30)26-16(13)29/h1-4,6-8H,5H2,(H,24,27,28)(H2,23,25,26,29,30). The Labute approximate surface area is 174 Å². The first-order valence-electron chi connectivity index (χ1n) is 8.73. The zero-order chi connectivity index (χ0) is 22.2. The van der Waals surface area contributed by atoms with Crippen molar-refractivity contribution >= 4 is 33.4 Å². The number of hydrogen-bond donors (Lipinski definition) is 3. The molecule has 0 saturated carbocycles. The second-order valence-corrected chi connectivity index (χ2v) is 7.60. The van der Waals surface area contributed by atoms with Crippen molar-refractivity contribution in [3.8, 4) is 0 Å². The van der Waals surface area contributed by atoms with Crippen LogP contribution in [0.3, 0.4) is 0 Å². The highest BCUT2D eigenvalue weighted by molar-refractivity contribution is 7.15. The summed E-state index contributed by atoms with van der Waals surface area (Å²) in [5, 5.41) is 2.84. The summed E-state index contributed by atoms with van der Waals surface area (Å²) in [5.74, 6) is -0.583. The summed E-state index contributed by atoms with van der Waals surface area (Å²) in [6.45, 7) is 0. The van der Waals surface area contributed by atoms with Gasteiger partial charge in [-0.3, -0.25) is 24.9 Å². The topological polar surface area (TPSA) is 121 Å². The van der Waals surface area contributed by atoms with Gasteiger partial charge in [-0.05, 0) is 17.7 Å². The zero-order valence-corrected chi connectivity index (χ0v) is 16.2. The van der Waals surface area contributed by atoms with Crippen LogP contribution in [0.25, 0.3) is 11.0 Å². The molecule has 0 saturated heterocycles. The summed E-state index contributed by atoms with van der Waals surface area (Å²) in [7, 11) is 0. The minimum atomic E-state index is -4.43. The van der Waals surface area contributed by atoms with Crippen molar-refractivity contribution in [2.75, 3.05) is 5.32 Å². The first-order chi connectivity index (χ1) is 14.7. The zero-order valence-electron chi connectivity index (χ0n) is 15.4. The number of carbonyl (C=O) groups excluding carboxylic acids is 1. The van der Waals surface area contributed by atoms with Gasteiger partial charge in [-0.1, -0.05) is 18.2 Å². The number of nitrogens with zero attached hydrogens (tertiary/aromatic N) is 2. The molecule has 4 aromatic rings. The Hall–Kier alpha value is -3.80. The van der Waals surface area contributed by atoms with Gasteiger partial charge >= 0.3 is 11.9 Å². The second kappa shape index (κ2) is 7.80. The predicted molar refractivity (Wildman–Crippen MR) is 107 cm³/mol. The molecule has 0 bridgehead atoms. The van der Waals surface area contributed by atoms with Crippen LogP contribution in [-0.4, -0.2) is 25.8 Å². The minimum Gasteiger partial charge on any atom is -0.298 e. The molecule has 0 fully saturated rings. The number of pyridine rings is 1. The van der Waals surface area contributed by atoms with Crippen LogP contribution >= 0.6 is 11.3 Å². The summed E-state index contributed by atoms with van der Waals surface area (Å²) in [6, 6.07) is 6.27. The first-order valence-corrected chi connectivity index (χ1v) is 9.55. The summed E-state index contributed by atoms with van der Waals surface area (Å²) in [6.07, 6.45) is -1.54. The van der Waals surface area contributed by atoms with Crippen molar-refractivity contribution in [2.24, 2.45) is 0 Å². The molecule has 1 amide bonds. The highest BCUT2D eigenvalue weighted by atomic mass is 32.1. The van der Waals surface area contributed by atoms with Crippen molar-refractivity contribution in [3.63, 3.8) is 0 Å². The molecule has 12 heteroatoms. The summed E-state index contributed by atoms with van der Waals surface area (Å²) >= 11 is 1.11. The first kappa shape index (κ1) is 20.5. The van der Waals surface area contributed by atoms with Gasteiger partial charge in [0, 0.05) is 23.7 Å². The number of alkyl halides is 3. The van der Waals surface area contributed by atoms with Crippen LogP contribution in [0.4, 0.5) is 18.3 Å². The number of fused-ring (bicyclic) bond motifs is 1. The lowest BCUT2D eigenvalue weighted by Gasteiger charge is -2.07. The molecule has 0 unspecified atom stereocenters. The third-order valence-electron chi connectivity index (χ3n) is 4.26. The summed E-state index contributed by atoms with van der Waals surface area (Å²) < 4.78 is 38.6. The summed E-state index contributed by atoms with van der Waals surface area (Å²) in [5.41, 5.74) is -1.55. The van der Waals surface area contributed by atoms with Gasteiger partial charge in [-0.25, -0.2) is 14.8 Å². The third kappa shape index (κ3) is 4.53.